The Morgan fingerprint density at radius 3 is 2.40 bits per heavy atom. The van der Waals surface area contributed by atoms with Crippen molar-refractivity contribution in [1.29, 1.82) is 0 Å². The summed E-state index contributed by atoms with van der Waals surface area (Å²) >= 11 is 0. The van der Waals surface area contributed by atoms with Crippen molar-refractivity contribution in [3.05, 3.63) is 29.8 Å². The van der Waals surface area contributed by atoms with E-state index in [0.717, 1.165) is 12.5 Å². The van der Waals surface area contributed by atoms with Gasteiger partial charge in [0.05, 0.1) is 0 Å². The summed E-state index contributed by atoms with van der Waals surface area (Å²) in [5, 5.41) is 3.74. The lowest BCUT2D eigenvalue weighted by Gasteiger charge is -2.40. The molecule has 1 fully saturated rings. The van der Waals surface area contributed by atoms with E-state index in [1.54, 1.807) is 0 Å². The number of rotatable bonds is 4. The van der Waals surface area contributed by atoms with Gasteiger partial charge in [-0.25, -0.2) is 0 Å². The van der Waals surface area contributed by atoms with Gasteiger partial charge in [0.1, 0.15) is 0 Å². The van der Waals surface area contributed by atoms with Crippen molar-refractivity contribution in [3.8, 4) is 0 Å². The van der Waals surface area contributed by atoms with Crippen molar-refractivity contribution in [3.63, 3.8) is 0 Å². The molecule has 1 aliphatic carbocycles. The Labute approximate surface area is 124 Å². The maximum Gasteiger partial charge on any atom is 0.0342 e. The molecule has 0 aromatic heterocycles. The average Bonchev–Trinajstić information content (AvgIpc) is 2.34. The van der Waals surface area contributed by atoms with E-state index in [0.29, 0.717) is 11.5 Å². The maximum absolute atomic E-state index is 3.74. The molecule has 1 N–H and O–H groups in total. The van der Waals surface area contributed by atoms with Crippen LogP contribution >= 0.6 is 0 Å². The molecule has 0 heterocycles. The molecule has 2 nitrogen and oxygen atoms in total. The number of hydrogen-bond acceptors (Lipinski definition) is 2. The summed E-state index contributed by atoms with van der Waals surface area (Å²) in [6, 6.07) is 9.55. The predicted molar refractivity (Wildman–Crippen MR) is 88.0 cm³/mol. The first kappa shape index (κ1) is 15.4. The minimum atomic E-state index is 0.521. The molecule has 2 unspecified atom stereocenters. The lowest BCUT2D eigenvalue weighted by atomic mass is 9.70. The smallest absolute Gasteiger partial charge is 0.0342 e. The second kappa shape index (κ2) is 6.17. The van der Waals surface area contributed by atoms with E-state index in [9.17, 15) is 0 Å². The fourth-order valence-electron chi connectivity index (χ4n) is 3.45. The largest absolute Gasteiger partial charge is 0.382 e. The van der Waals surface area contributed by atoms with Crippen LogP contribution in [0.15, 0.2) is 24.3 Å². The molecule has 0 spiro atoms. The third kappa shape index (κ3) is 4.24. The quantitative estimate of drug-likeness (QED) is 0.877. The van der Waals surface area contributed by atoms with Crippen LogP contribution in [-0.4, -0.2) is 25.0 Å². The molecule has 2 heteroatoms. The topological polar surface area (TPSA) is 15.3 Å². The molecule has 0 radical (unpaired) electrons. The summed E-state index contributed by atoms with van der Waals surface area (Å²) in [7, 11) is 4.22. The lowest BCUT2D eigenvalue weighted by Crippen LogP contribution is -2.36. The molecule has 1 aromatic rings. The summed E-state index contributed by atoms with van der Waals surface area (Å²) in [6.45, 7) is 8.19. The van der Waals surface area contributed by atoms with Crippen molar-refractivity contribution < 1.29 is 0 Å². The van der Waals surface area contributed by atoms with Crippen molar-refractivity contribution >= 4 is 5.69 Å². The second-order valence-corrected chi connectivity index (χ2v) is 7.57. The Morgan fingerprint density at radius 2 is 1.85 bits per heavy atom. The summed E-state index contributed by atoms with van der Waals surface area (Å²) in [4.78, 5) is 2.20. The van der Waals surface area contributed by atoms with Gasteiger partial charge in [0, 0.05) is 18.3 Å². The van der Waals surface area contributed by atoms with Gasteiger partial charge in [0.25, 0.3) is 0 Å². The zero-order valence-corrected chi connectivity index (χ0v) is 13.7. The molecule has 0 bridgehead atoms. The highest BCUT2D eigenvalue weighted by Gasteiger charge is 2.32. The monoisotopic (exact) mass is 274 g/mol. The SMILES string of the molecule is CC1CC(C)(C)CCC1Nc1ccc(CN(C)C)cc1. The van der Waals surface area contributed by atoms with Crippen molar-refractivity contribution in [2.24, 2.45) is 11.3 Å². The number of anilines is 1. The van der Waals surface area contributed by atoms with Crippen LogP contribution in [0.25, 0.3) is 0 Å². The Hall–Kier alpha value is -1.02. The van der Waals surface area contributed by atoms with E-state index >= 15 is 0 Å². The molecule has 0 aliphatic heterocycles. The van der Waals surface area contributed by atoms with Crippen LogP contribution in [0.4, 0.5) is 5.69 Å². The number of nitrogens with one attached hydrogen (secondary N) is 1. The molecule has 0 amide bonds. The predicted octanol–water partition coefficient (Wildman–Crippen LogP) is 4.37. The minimum absolute atomic E-state index is 0.521. The van der Waals surface area contributed by atoms with Gasteiger partial charge >= 0.3 is 0 Å². The van der Waals surface area contributed by atoms with E-state index in [1.807, 2.05) is 0 Å². The van der Waals surface area contributed by atoms with Crippen molar-refractivity contribution in [1.82, 2.24) is 4.90 Å². The first-order valence-corrected chi connectivity index (χ1v) is 7.86. The Morgan fingerprint density at radius 1 is 1.20 bits per heavy atom. The molecule has 1 saturated carbocycles. The fourth-order valence-corrected chi connectivity index (χ4v) is 3.45. The Bertz CT molecular complexity index is 420. The summed E-state index contributed by atoms with van der Waals surface area (Å²) in [5.74, 6) is 0.750. The fraction of sp³-hybridized carbons (Fsp3) is 0.667. The van der Waals surface area contributed by atoms with Gasteiger partial charge in [-0.15, -0.1) is 0 Å². The van der Waals surface area contributed by atoms with Crippen molar-refractivity contribution in [2.75, 3.05) is 19.4 Å². The lowest BCUT2D eigenvalue weighted by molar-refractivity contribution is 0.177. The Kier molecular flexibility index (Phi) is 4.74. The van der Waals surface area contributed by atoms with Gasteiger partial charge in [0.15, 0.2) is 0 Å². The van der Waals surface area contributed by atoms with Gasteiger partial charge in [-0.2, -0.15) is 0 Å². The van der Waals surface area contributed by atoms with Crippen LogP contribution in [0.1, 0.15) is 45.6 Å². The summed E-state index contributed by atoms with van der Waals surface area (Å²) < 4.78 is 0. The van der Waals surface area contributed by atoms with Crippen LogP contribution in [0.3, 0.4) is 0 Å². The molecular formula is C18H30N2. The van der Waals surface area contributed by atoms with E-state index in [4.69, 9.17) is 0 Å². The molecule has 1 aromatic carbocycles. The zero-order valence-electron chi connectivity index (χ0n) is 13.7. The van der Waals surface area contributed by atoms with E-state index in [1.165, 1.54) is 30.5 Å². The van der Waals surface area contributed by atoms with Crippen LogP contribution in [0.2, 0.25) is 0 Å². The standard InChI is InChI=1S/C18H30N2/c1-14-12-18(2,3)11-10-17(14)19-16-8-6-15(7-9-16)13-20(4)5/h6-9,14,17,19H,10-13H2,1-5H3. The Balaban J connectivity index is 1.93. The number of nitrogens with zero attached hydrogens (tertiary/aromatic N) is 1. The second-order valence-electron chi connectivity index (χ2n) is 7.57. The molecule has 112 valence electrons. The van der Waals surface area contributed by atoms with E-state index in [-0.39, 0.29) is 0 Å². The first-order chi connectivity index (χ1) is 9.35. The molecule has 2 atom stereocenters. The third-order valence-electron chi connectivity index (χ3n) is 4.50. The van der Waals surface area contributed by atoms with E-state index in [2.05, 4.69) is 69.3 Å². The van der Waals surface area contributed by atoms with Crippen LogP contribution in [0.5, 0.6) is 0 Å². The number of benzene rings is 1. The highest BCUT2D eigenvalue weighted by Crippen LogP contribution is 2.39. The average molecular weight is 274 g/mol. The van der Waals surface area contributed by atoms with E-state index < -0.39 is 0 Å². The molecule has 1 aliphatic rings. The molecule has 2 rings (SSSR count). The molecule has 20 heavy (non-hydrogen) atoms. The highest BCUT2D eigenvalue weighted by atomic mass is 15.0. The molecule has 0 saturated heterocycles. The van der Waals surface area contributed by atoms with Gasteiger partial charge in [-0.3, -0.25) is 0 Å². The first-order valence-electron chi connectivity index (χ1n) is 7.86. The van der Waals surface area contributed by atoms with Crippen LogP contribution < -0.4 is 5.32 Å². The third-order valence-corrected chi connectivity index (χ3v) is 4.50. The van der Waals surface area contributed by atoms with Gasteiger partial charge in [0.2, 0.25) is 0 Å². The number of hydrogen-bond donors (Lipinski definition) is 1. The van der Waals surface area contributed by atoms with Crippen LogP contribution in [-0.2, 0) is 6.54 Å². The van der Waals surface area contributed by atoms with Gasteiger partial charge in [-0.05, 0) is 62.4 Å². The summed E-state index contributed by atoms with van der Waals surface area (Å²) in [5.41, 5.74) is 3.16. The normalized spacial score (nSPS) is 25.7. The van der Waals surface area contributed by atoms with Gasteiger partial charge < -0.3 is 10.2 Å². The maximum atomic E-state index is 3.74. The van der Waals surface area contributed by atoms with Gasteiger partial charge in [-0.1, -0.05) is 32.9 Å². The van der Waals surface area contributed by atoms with Crippen molar-refractivity contribution in [2.45, 2.75) is 52.6 Å². The zero-order chi connectivity index (χ0) is 14.8. The molecular weight excluding hydrogens is 244 g/mol. The van der Waals surface area contributed by atoms with Crippen LogP contribution in [0, 0.1) is 11.3 Å². The highest BCUT2D eigenvalue weighted by molar-refractivity contribution is 5.45. The summed E-state index contributed by atoms with van der Waals surface area (Å²) in [6.07, 6.45) is 3.94. The minimum Gasteiger partial charge on any atom is -0.382 e.